The molecule has 3 N–H and O–H groups in total. The van der Waals surface area contributed by atoms with Crippen LogP contribution in [0.15, 0.2) is 23.1 Å². The van der Waals surface area contributed by atoms with Gasteiger partial charge in [-0.25, -0.2) is 4.79 Å². The number of primary amides is 1. The molecule has 2 amide bonds. The molecule has 1 rings (SSSR count). The van der Waals surface area contributed by atoms with Crippen LogP contribution in [0.25, 0.3) is 0 Å². The summed E-state index contributed by atoms with van der Waals surface area (Å²) in [5, 5.41) is 20.2. The van der Waals surface area contributed by atoms with Crippen LogP contribution in [0.3, 0.4) is 0 Å². The number of carbonyl (C=O) groups excluding carboxylic acids is 2. The van der Waals surface area contributed by atoms with Gasteiger partial charge in [0, 0.05) is 18.7 Å². The zero-order valence-corrected chi connectivity index (χ0v) is 14.1. The number of carboxylic acid groups (broad SMARTS) is 1. The number of likely N-dealkylation sites (N-methyl/N-ethyl adjacent to an activating group) is 1. The Bertz CT molecular complexity index is 704. The number of carbonyl (C=O) groups is 3. The van der Waals surface area contributed by atoms with Gasteiger partial charge in [0.2, 0.25) is 11.8 Å². The summed E-state index contributed by atoms with van der Waals surface area (Å²) in [6.45, 7) is 2.75. The molecule has 9 nitrogen and oxygen atoms in total. The molecule has 0 radical (unpaired) electrons. The second-order valence-corrected chi connectivity index (χ2v) is 6.43. The fraction of sp³-hybridized carbons (Fsp3) is 0.357. The number of thioether (sulfide) groups is 1. The van der Waals surface area contributed by atoms with Crippen molar-refractivity contribution in [3.8, 4) is 0 Å². The number of hydrogen-bond donors (Lipinski definition) is 2. The molecule has 0 atom stereocenters. The molecule has 0 aliphatic carbocycles. The summed E-state index contributed by atoms with van der Waals surface area (Å²) < 4.78 is 0. The van der Waals surface area contributed by atoms with Crippen LogP contribution in [-0.2, 0) is 9.59 Å². The fourth-order valence-electron chi connectivity index (χ4n) is 1.63. The van der Waals surface area contributed by atoms with Crippen molar-refractivity contribution in [2.45, 2.75) is 24.3 Å². The highest BCUT2D eigenvalue weighted by Gasteiger charge is 2.35. The Kier molecular flexibility index (Phi) is 5.91. The van der Waals surface area contributed by atoms with E-state index in [-0.39, 0.29) is 21.9 Å². The number of nitro groups is 1. The number of amides is 2. The molecule has 0 unspecified atom stereocenters. The van der Waals surface area contributed by atoms with E-state index in [1.807, 2.05) is 0 Å². The Morgan fingerprint density at radius 2 is 1.96 bits per heavy atom. The third-order valence-electron chi connectivity index (χ3n) is 3.53. The summed E-state index contributed by atoms with van der Waals surface area (Å²) in [5.74, 6) is -2.65. The largest absolute Gasteiger partial charge is 0.480 e. The van der Waals surface area contributed by atoms with Gasteiger partial charge in [-0.05, 0) is 26.0 Å². The van der Waals surface area contributed by atoms with Gasteiger partial charge in [-0.1, -0.05) is 0 Å². The number of carboxylic acids is 1. The van der Waals surface area contributed by atoms with Crippen molar-refractivity contribution < 1.29 is 24.4 Å². The van der Waals surface area contributed by atoms with Crippen LogP contribution in [0.1, 0.15) is 24.2 Å². The van der Waals surface area contributed by atoms with E-state index < -0.39 is 28.2 Å². The Labute approximate surface area is 142 Å². The third kappa shape index (κ3) is 4.22. The van der Waals surface area contributed by atoms with Crippen molar-refractivity contribution in [2.24, 2.45) is 5.73 Å². The lowest BCUT2D eigenvalue weighted by Gasteiger charge is -2.31. The van der Waals surface area contributed by atoms with Crippen LogP contribution in [0.5, 0.6) is 0 Å². The molecule has 0 aromatic heterocycles. The molecule has 0 fully saturated rings. The summed E-state index contributed by atoms with van der Waals surface area (Å²) in [5.41, 5.74) is 3.33. The quantitative estimate of drug-likeness (QED) is 0.423. The van der Waals surface area contributed by atoms with Crippen molar-refractivity contribution in [1.82, 2.24) is 4.90 Å². The minimum atomic E-state index is -1.40. The van der Waals surface area contributed by atoms with E-state index >= 15 is 0 Å². The number of hydrogen-bond acceptors (Lipinski definition) is 6. The Balaban J connectivity index is 2.95. The molecule has 130 valence electrons. The van der Waals surface area contributed by atoms with E-state index in [1.54, 1.807) is 0 Å². The first-order valence-corrected chi connectivity index (χ1v) is 7.68. The Morgan fingerprint density at radius 3 is 2.42 bits per heavy atom. The molecule has 10 heteroatoms. The van der Waals surface area contributed by atoms with E-state index in [4.69, 9.17) is 10.8 Å². The zero-order valence-electron chi connectivity index (χ0n) is 13.3. The average Bonchev–Trinajstić information content (AvgIpc) is 2.50. The number of benzene rings is 1. The molecule has 1 aromatic rings. The lowest BCUT2D eigenvalue weighted by Crippen LogP contribution is -2.51. The van der Waals surface area contributed by atoms with Crippen LogP contribution in [0.4, 0.5) is 5.69 Å². The first-order valence-electron chi connectivity index (χ1n) is 6.69. The van der Waals surface area contributed by atoms with Crippen molar-refractivity contribution in [1.29, 1.82) is 0 Å². The predicted molar refractivity (Wildman–Crippen MR) is 86.8 cm³/mol. The summed E-state index contributed by atoms with van der Waals surface area (Å²) >= 11 is 0.882. The van der Waals surface area contributed by atoms with Gasteiger partial charge in [0.25, 0.3) is 5.69 Å². The monoisotopic (exact) mass is 355 g/mol. The zero-order chi connectivity index (χ0) is 18.7. The number of rotatable bonds is 7. The topological polar surface area (TPSA) is 144 Å². The highest BCUT2D eigenvalue weighted by Crippen LogP contribution is 2.30. The maximum absolute atomic E-state index is 12.1. The fourth-order valence-corrected chi connectivity index (χ4v) is 2.55. The molecular formula is C14H17N3O6S. The van der Waals surface area contributed by atoms with E-state index in [0.29, 0.717) is 0 Å². The molecule has 24 heavy (non-hydrogen) atoms. The molecule has 0 aliphatic rings. The molecule has 0 spiro atoms. The van der Waals surface area contributed by atoms with E-state index in [9.17, 15) is 24.5 Å². The summed E-state index contributed by atoms with van der Waals surface area (Å²) in [4.78, 5) is 46.0. The molecule has 0 aliphatic heterocycles. The van der Waals surface area contributed by atoms with Crippen molar-refractivity contribution in [3.63, 3.8) is 0 Å². The third-order valence-corrected chi connectivity index (χ3v) is 4.57. The highest BCUT2D eigenvalue weighted by molar-refractivity contribution is 8.00. The van der Waals surface area contributed by atoms with Gasteiger partial charge in [-0.2, -0.15) is 0 Å². The summed E-state index contributed by atoms with van der Waals surface area (Å²) in [6, 6.07) is 3.70. The van der Waals surface area contributed by atoms with Gasteiger partial charge < -0.3 is 15.7 Å². The number of nitrogens with two attached hydrogens (primary N) is 1. The Morgan fingerprint density at radius 1 is 1.38 bits per heavy atom. The lowest BCUT2D eigenvalue weighted by atomic mass is 10.0. The highest BCUT2D eigenvalue weighted by atomic mass is 32.2. The van der Waals surface area contributed by atoms with Crippen molar-refractivity contribution >= 4 is 35.2 Å². The first-order chi connectivity index (χ1) is 11.0. The minimum absolute atomic E-state index is 0.0125. The molecule has 0 bridgehead atoms. The normalized spacial score (nSPS) is 11.0. The van der Waals surface area contributed by atoms with Crippen LogP contribution in [0.2, 0.25) is 0 Å². The maximum atomic E-state index is 12.1. The van der Waals surface area contributed by atoms with Gasteiger partial charge in [-0.15, -0.1) is 11.8 Å². The molecule has 0 saturated carbocycles. The van der Waals surface area contributed by atoms with Crippen LogP contribution in [-0.4, -0.2) is 51.1 Å². The van der Waals surface area contributed by atoms with Crippen molar-refractivity contribution in [2.75, 3.05) is 12.8 Å². The second kappa shape index (κ2) is 7.30. The van der Waals surface area contributed by atoms with Gasteiger partial charge in [0.15, 0.2) is 0 Å². The SMILES string of the molecule is CN(C(=O)CSc1ccc(C(N)=O)cc1[N+](=O)[O-])C(C)(C)C(=O)O. The predicted octanol–water partition coefficient (Wildman–Crippen LogP) is 1.11. The number of nitro benzene ring substituents is 1. The van der Waals surface area contributed by atoms with E-state index in [0.717, 1.165) is 22.7 Å². The molecule has 1 aromatic carbocycles. The first kappa shape index (κ1) is 19.4. The van der Waals surface area contributed by atoms with Gasteiger partial charge in [-0.3, -0.25) is 19.7 Å². The number of aliphatic carboxylic acids is 1. The molecular weight excluding hydrogens is 338 g/mol. The number of nitrogens with zero attached hydrogens (tertiary/aromatic N) is 2. The van der Waals surface area contributed by atoms with Gasteiger partial charge in [0.1, 0.15) is 5.54 Å². The van der Waals surface area contributed by atoms with E-state index in [2.05, 4.69) is 0 Å². The van der Waals surface area contributed by atoms with Gasteiger partial charge in [0.05, 0.1) is 15.6 Å². The van der Waals surface area contributed by atoms with E-state index in [1.165, 1.54) is 33.0 Å². The van der Waals surface area contributed by atoms with Gasteiger partial charge >= 0.3 is 5.97 Å². The van der Waals surface area contributed by atoms with Crippen LogP contribution >= 0.6 is 11.8 Å². The van der Waals surface area contributed by atoms with Crippen LogP contribution < -0.4 is 5.73 Å². The standard InChI is InChI=1S/C14H17N3O6S/c1-14(2,13(20)21)16(3)11(18)7-24-10-5-4-8(12(15)19)6-9(10)17(22)23/h4-6H,7H2,1-3H3,(H2,15,19)(H,20,21). The maximum Gasteiger partial charge on any atom is 0.329 e. The lowest BCUT2D eigenvalue weighted by molar-refractivity contribution is -0.387. The smallest absolute Gasteiger partial charge is 0.329 e. The van der Waals surface area contributed by atoms with Crippen molar-refractivity contribution in [3.05, 3.63) is 33.9 Å². The minimum Gasteiger partial charge on any atom is -0.480 e. The average molecular weight is 355 g/mol. The Hall–Kier alpha value is -2.62. The second-order valence-electron chi connectivity index (χ2n) is 5.41. The van der Waals surface area contributed by atoms with Crippen LogP contribution in [0, 0.1) is 10.1 Å². The molecule has 0 saturated heterocycles. The summed E-state index contributed by atoms with van der Waals surface area (Å²) in [6.07, 6.45) is 0. The molecule has 0 heterocycles. The summed E-state index contributed by atoms with van der Waals surface area (Å²) in [7, 11) is 1.35.